The maximum Gasteiger partial charge on any atom is 0.275 e. The van der Waals surface area contributed by atoms with Gasteiger partial charge in [-0.1, -0.05) is 18.2 Å². The molecule has 154 valence electrons. The standard InChI is InChI=1S/C21H17F2N3O4/c22-13-2-1-12(15(23)5-13)7-24-19(29)14-9-25-10-21-4-3-11(6-21)8-26(21)20(30)16(25)18(28)17(14)27/h1-5,9,11,28H,6-8,10H2,(H,24,29)/t11?,21-/m0/s1. The van der Waals surface area contributed by atoms with E-state index >= 15 is 0 Å². The predicted octanol–water partition coefficient (Wildman–Crippen LogP) is 1.55. The number of aromatic hydroxyl groups is 1. The number of amides is 2. The van der Waals surface area contributed by atoms with Crippen molar-refractivity contribution in [2.75, 3.05) is 6.54 Å². The van der Waals surface area contributed by atoms with Gasteiger partial charge in [0.25, 0.3) is 11.8 Å². The highest BCUT2D eigenvalue weighted by atomic mass is 19.1. The molecule has 2 aliphatic heterocycles. The first-order valence-electron chi connectivity index (χ1n) is 9.49. The molecule has 2 atom stereocenters. The highest BCUT2D eigenvalue weighted by Gasteiger charge is 2.53. The van der Waals surface area contributed by atoms with Crippen molar-refractivity contribution in [2.45, 2.75) is 25.0 Å². The van der Waals surface area contributed by atoms with Crippen molar-refractivity contribution in [3.8, 4) is 5.75 Å². The number of fused-ring (bicyclic) bond motifs is 2. The van der Waals surface area contributed by atoms with E-state index in [1.54, 1.807) is 4.90 Å². The van der Waals surface area contributed by atoms with Crippen LogP contribution in [0.25, 0.3) is 0 Å². The van der Waals surface area contributed by atoms with Crippen LogP contribution < -0.4 is 10.7 Å². The van der Waals surface area contributed by atoms with Gasteiger partial charge in [0.05, 0.1) is 5.54 Å². The van der Waals surface area contributed by atoms with E-state index < -0.39 is 40.2 Å². The maximum absolute atomic E-state index is 13.8. The van der Waals surface area contributed by atoms with E-state index in [0.29, 0.717) is 19.2 Å². The van der Waals surface area contributed by atoms with Crippen LogP contribution in [0.1, 0.15) is 32.8 Å². The third-order valence-corrected chi connectivity index (χ3v) is 6.10. The van der Waals surface area contributed by atoms with Gasteiger partial charge >= 0.3 is 0 Å². The van der Waals surface area contributed by atoms with Gasteiger partial charge in [-0.05, 0) is 18.4 Å². The second-order valence-electron chi connectivity index (χ2n) is 7.96. The number of hydrogen-bond donors (Lipinski definition) is 2. The molecule has 3 heterocycles. The quantitative estimate of drug-likeness (QED) is 0.747. The fourth-order valence-electron chi connectivity index (χ4n) is 4.65. The molecule has 30 heavy (non-hydrogen) atoms. The van der Waals surface area contributed by atoms with Crippen molar-refractivity contribution in [1.82, 2.24) is 14.8 Å². The molecule has 2 N–H and O–H groups in total. The lowest BCUT2D eigenvalue weighted by atomic mass is 9.95. The molecule has 1 spiro atoms. The Hall–Kier alpha value is -3.49. The Morgan fingerprint density at radius 3 is 2.83 bits per heavy atom. The Bertz CT molecular complexity index is 1210. The Labute approximate surface area is 169 Å². The number of pyridine rings is 1. The van der Waals surface area contributed by atoms with Crippen LogP contribution in [-0.4, -0.2) is 38.5 Å². The van der Waals surface area contributed by atoms with Gasteiger partial charge in [0.15, 0.2) is 11.4 Å². The van der Waals surface area contributed by atoms with E-state index in [2.05, 4.69) is 11.4 Å². The minimum Gasteiger partial charge on any atom is -0.503 e. The lowest BCUT2D eigenvalue weighted by molar-refractivity contribution is 0.0548. The maximum atomic E-state index is 13.8. The lowest BCUT2D eigenvalue weighted by Gasteiger charge is -2.42. The van der Waals surface area contributed by atoms with Crippen molar-refractivity contribution in [3.05, 3.63) is 75.2 Å². The second kappa shape index (κ2) is 6.25. The van der Waals surface area contributed by atoms with E-state index in [9.17, 15) is 28.3 Å². The van der Waals surface area contributed by atoms with Gasteiger partial charge in [-0.3, -0.25) is 14.4 Å². The molecule has 1 aliphatic carbocycles. The molecule has 2 bridgehead atoms. The summed E-state index contributed by atoms with van der Waals surface area (Å²) in [6.07, 6.45) is 6.05. The lowest BCUT2D eigenvalue weighted by Crippen LogP contribution is -2.54. The fraction of sp³-hybridized carbons (Fsp3) is 0.286. The minimum atomic E-state index is -0.970. The predicted molar refractivity (Wildman–Crippen MR) is 101 cm³/mol. The molecule has 5 rings (SSSR count). The number of aromatic nitrogens is 1. The molecule has 1 unspecified atom stereocenters. The number of nitrogens with zero attached hydrogens (tertiary/aromatic N) is 2. The molecule has 1 aromatic heterocycles. The number of benzene rings is 1. The van der Waals surface area contributed by atoms with Crippen molar-refractivity contribution in [3.63, 3.8) is 0 Å². The van der Waals surface area contributed by atoms with E-state index in [4.69, 9.17) is 0 Å². The van der Waals surface area contributed by atoms with Crippen LogP contribution in [0, 0.1) is 17.6 Å². The number of carbonyl (C=O) groups excluding carboxylic acids is 2. The van der Waals surface area contributed by atoms with Gasteiger partial charge in [0, 0.05) is 37.5 Å². The van der Waals surface area contributed by atoms with Crippen LogP contribution in [0.5, 0.6) is 5.75 Å². The summed E-state index contributed by atoms with van der Waals surface area (Å²) < 4.78 is 28.2. The highest BCUT2D eigenvalue weighted by molar-refractivity contribution is 5.99. The molecule has 0 radical (unpaired) electrons. The van der Waals surface area contributed by atoms with E-state index in [-0.39, 0.29) is 29.3 Å². The van der Waals surface area contributed by atoms with Crippen LogP contribution >= 0.6 is 0 Å². The van der Waals surface area contributed by atoms with Crippen molar-refractivity contribution in [2.24, 2.45) is 5.92 Å². The van der Waals surface area contributed by atoms with Crippen molar-refractivity contribution < 1.29 is 23.5 Å². The number of hydrogen-bond acceptors (Lipinski definition) is 4. The smallest absolute Gasteiger partial charge is 0.275 e. The first-order valence-corrected chi connectivity index (χ1v) is 9.49. The summed E-state index contributed by atoms with van der Waals surface area (Å²) in [6, 6.07) is 2.95. The van der Waals surface area contributed by atoms with Gasteiger partial charge in [-0.15, -0.1) is 0 Å². The average molecular weight is 413 g/mol. The van der Waals surface area contributed by atoms with Gasteiger partial charge in [0.2, 0.25) is 5.43 Å². The zero-order valence-electron chi connectivity index (χ0n) is 15.7. The molecule has 3 aliphatic rings. The van der Waals surface area contributed by atoms with Gasteiger partial charge in [-0.25, -0.2) is 8.78 Å². The van der Waals surface area contributed by atoms with E-state index in [0.717, 1.165) is 12.5 Å². The zero-order chi connectivity index (χ0) is 21.2. The number of halogens is 2. The Morgan fingerprint density at radius 1 is 1.30 bits per heavy atom. The highest BCUT2D eigenvalue weighted by Crippen LogP contribution is 2.45. The van der Waals surface area contributed by atoms with Gasteiger partial charge in [-0.2, -0.15) is 0 Å². The molecular weight excluding hydrogens is 396 g/mol. The normalized spacial score (nSPS) is 23.5. The molecule has 1 aromatic carbocycles. The third-order valence-electron chi connectivity index (χ3n) is 6.10. The van der Waals surface area contributed by atoms with Crippen LogP contribution in [0.15, 0.2) is 41.3 Å². The molecule has 1 saturated heterocycles. The molecular formula is C21H17F2N3O4. The van der Waals surface area contributed by atoms with E-state index in [1.807, 2.05) is 6.08 Å². The number of carbonyl (C=O) groups is 2. The minimum absolute atomic E-state index is 0.0461. The summed E-state index contributed by atoms with van der Waals surface area (Å²) in [6.45, 7) is 0.587. The Kier molecular flexibility index (Phi) is 3.86. The van der Waals surface area contributed by atoms with Crippen LogP contribution in [0.4, 0.5) is 8.78 Å². The topological polar surface area (TPSA) is 91.6 Å². The Balaban J connectivity index is 1.47. The summed E-state index contributed by atoms with van der Waals surface area (Å²) in [5, 5.41) is 12.8. The SMILES string of the molecule is O=C(NCc1ccc(F)cc1F)c1cn2c(c(O)c1=O)C(=O)N1CC3C=C[C@]1(C3)C2. The van der Waals surface area contributed by atoms with E-state index in [1.165, 1.54) is 16.8 Å². The van der Waals surface area contributed by atoms with Crippen LogP contribution in [0.2, 0.25) is 0 Å². The van der Waals surface area contributed by atoms with Gasteiger partial charge in [0.1, 0.15) is 17.2 Å². The average Bonchev–Trinajstić information content (AvgIpc) is 3.27. The monoisotopic (exact) mass is 413 g/mol. The largest absolute Gasteiger partial charge is 0.503 e. The zero-order valence-corrected chi connectivity index (χ0v) is 15.7. The third kappa shape index (κ3) is 2.58. The molecule has 2 aromatic rings. The first-order chi connectivity index (χ1) is 14.3. The number of nitrogens with one attached hydrogen (secondary N) is 1. The molecule has 7 nitrogen and oxygen atoms in total. The van der Waals surface area contributed by atoms with Crippen LogP contribution in [-0.2, 0) is 13.1 Å². The summed E-state index contributed by atoms with van der Waals surface area (Å²) in [5.41, 5.74) is -1.92. The number of rotatable bonds is 3. The first kappa shape index (κ1) is 18.5. The fourth-order valence-corrected chi connectivity index (χ4v) is 4.65. The molecule has 2 amide bonds. The summed E-state index contributed by atoms with van der Waals surface area (Å²) in [7, 11) is 0. The summed E-state index contributed by atoms with van der Waals surface area (Å²) >= 11 is 0. The summed E-state index contributed by atoms with van der Waals surface area (Å²) in [4.78, 5) is 39.7. The molecule has 1 fully saturated rings. The summed E-state index contributed by atoms with van der Waals surface area (Å²) in [5.74, 6) is -3.37. The molecule has 9 heteroatoms. The van der Waals surface area contributed by atoms with Crippen molar-refractivity contribution >= 4 is 11.8 Å². The second-order valence-corrected chi connectivity index (χ2v) is 7.96. The van der Waals surface area contributed by atoms with Crippen LogP contribution in [0.3, 0.4) is 0 Å². The van der Waals surface area contributed by atoms with Crippen molar-refractivity contribution in [1.29, 1.82) is 0 Å². The Morgan fingerprint density at radius 2 is 2.10 bits per heavy atom. The molecule has 0 saturated carbocycles. The van der Waals surface area contributed by atoms with Gasteiger partial charge < -0.3 is 19.9 Å².